The van der Waals surface area contributed by atoms with Gasteiger partial charge in [-0.05, 0) is 45.6 Å². The van der Waals surface area contributed by atoms with Gasteiger partial charge in [-0.25, -0.2) is 0 Å². The molecule has 0 bridgehead atoms. The van der Waals surface area contributed by atoms with E-state index < -0.39 is 5.60 Å². The summed E-state index contributed by atoms with van der Waals surface area (Å²) >= 11 is 0. The van der Waals surface area contributed by atoms with Gasteiger partial charge in [0.15, 0.2) is 5.60 Å². The first-order valence-corrected chi connectivity index (χ1v) is 9.74. The first-order chi connectivity index (χ1) is 12.5. The number of ether oxygens (including phenoxy) is 1. The highest BCUT2D eigenvalue weighted by atomic mass is 16.5. The zero-order valence-electron chi connectivity index (χ0n) is 16.1. The molecule has 2 aliphatic rings. The number of hydrogen-bond acceptors (Lipinski definition) is 4. The van der Waals surface area contributed by atoms with Gasteiger partial charge in [-0.2, -0.15) is 5.10 Å². The lowest BCUT2D eigenvalue weighted by Gasteiger charge is -2.43. The Bertz CT molecular complexity index is 657. The van der Waals surface area contributed by atoms with Gasteiger partial charge in [-0.15, -0.1) is 0 Å². The fraction of sp³-hybridized carbons (Fsp3) is 0.737. The normalized spacial score (nSPS) is 24.4. The monoisotopic (exact) mass is 362 g/mol. The lowest BCUT2D eigenvalue weighted by atomic mass is 9.93. The Labute approximate surface area is 155 Å². The molecule has 0 radical (unpaired) electrons. The molecule has 2 amide bonds. The second-order valence-corrected chi connectivity index (χ2v) is 7.56. The summed E-state index contributed by atoms with van der Waals surface area (Å²) in [6.07, 6.45) is 5.16. The molecule has 1 atom stereocenters. The summed E-state index contributed by atoms with van der Waals surface area (Å²) in [6, 6.07) is 1.90. The smallest absolute Gasteiger partial charge is 0.272 e. The van der Waals surface area contributed by atoms with Crippen molar-refractivity contribution in [3.63, 3.8) is 0 Å². The largest absolute Gasteiger partial charge is 0.361 e. The van der Waals surface area contributed by atoms with Crippen LogP contribution in [0.15, 0.2) is 12.3 Å². The Balaban J connectivity index is 1.82. The number of morpholine rings is 1. The van der Waals surface area contributed by atoms with Crippen molar-refractivity contribution < 1.29 is 14.3 Å². The van der Waals surface area contributed by atoms with Gasteiger partial charge in [0, 0.05) is 31.9 Å². The van der Waals surface area contributed by atoms with Gasteiger partial charge in [-0.3, -0.25) is 14.3 Å². The van der Waals surface area contributed by atoms with Crippen molar-refractivity contribution in [3.05, 3.63) is 18.0 Å². The van der Waals surface area contributed by atoms with Crippen LogP contribution in [0.4, 0.5) is 0 Å². The molecule has 1 unspecified atom stereocenters. The highest BCUT2D eigenvalue weighted by molar-refractivity contribution is 5.94. The molecule has 1 aromatic heterocycles. The van der Waals surface area contributed by atoms with Crippen molar-refractivity contribution >= 4 is 11.8 Å². The summed E-state index contributed by atoms with van der Waals surface area (Å²) in [7, 11) is 0. The Morgan fingerprint density at radius 2 is 2.15 bits per heavy atom. The standard InChI is InChI=1S/C19H30N4O3/c1-4-10-23-16(7-9-20-23)17(24)21-12-13-26-19(14-21)8-5-6-11-22(15(2)3)18(19)25/h7,9,15H,4-6,8,10-14H2,1-3H3. The van der Waals surface area contributed by atoms with E-state index in [-0.39, 0.29) is 17.9 Å². The van der Waals surface area contributed by atoms with Gasteiger partial charge in [0.1, 0.15) is 5.69 Å². The van der Waals surface area contributed by atoms with Crippen molar-refractivity contribution in [3.8, 4) is 0 Å². The minimum absolute atomic E-state index is 0.0320. The van der Waals surface area contributed by atoms with Crippen LogP contribution in [0.3, 0.4) is 0 Å². The fourth-order valence-electron chi connectivity index (χ4n) is 3.96. The van der Waals surface area contributed by atoms with E-state index in [0.29, 0.717) is 38.4 Å². The highest BCUT2D eigenvalue weighted by Gasteiger charge is 2.48. The van der Waals surface area contributed by atoms with Crippen LogP contribution in [0.2, 0.25) is 0 Å². The number of aromatic nitrogens is 2. The molecule has 0 N–H and O–H groups in total. The average Bonchev–Trinajstić information content (AvgIpc) is 3.03. The zero-order valence-corrected chi connectivity index (χ0v) is 16.1. The highest BCUT2D eigenvalue weighted by Crippen LogP contribution is 2.31. The van der Waals surface area contributed by atoms with Gasteiger partial charge in [0.05, 0.1) is 13.2 Å². The molecule has 2 aliphatic heterocycles. The zero-order chi connectivity index (χ0) is 18.7. The summed E-state index contributed by atoms with van der Waals surface area (Å²) in [6.45, 7) is 8.83. The van der Waals surface area contributed by atoms with Crippen molar-refractivity contribution in [1.29, 1.82) is 0 Å². The second-order valence-electron chi connectivity index (χ2n) is 7.56. The van der Waals surface area contributed by atoms with Gasteiger partial charge in [0.2, 0.25) is 0 Å². The first-order valence-electron chi connectivity index (χ1n) is 9.74. The predicted octanol–water partition coefficient (Wildman–Crippen LogP) is 1.93. The van der Waals surface area contributed by atoms with E-state index in [0.717, 1.165) is 25.8 Å². The van der Waals surface area contributed by atoms with Crippen LogP contribution in [-0.4, -0.2) is 69.3 Å². The third kappa shape index (κ3) is 3.49. The maximum absolute atomic E-state index is 13.2. The van der Waals surface area contributed by atoms with Crippen LogP contribution in [0.5, 0.6) is 0 Å². The van der Waals surface area contributed by atoms with Crippen molar-refractivity contribution in [1.82, 2.24) is 19.6 Å². The molecule has 144 valence electrons. The molecule has 3 heterocycles. The van der Waals surface area contributed by atoms with Crippen LogP contribution in [0, 0.1) is 0 Å². The van der Waals surface area contributed by atoms with E-state index in [1.54, 1.807) is 21.8 Å². The number of aryl methyl sites for hydroxylation is 1. The minimum atomic E-state index is -0.899. The molecule has 2 fully saturated rings. The minimum Gasteiger partial charge on any atom is -0.361 e. The van der Waals surface area contributed by atoms with E-state index in [2.05, 4.69) is 12.0 Å². The number of likely N-dealkylation sites (tertiary alicyclic amines) is 1. The maximum Gasteiger partial charge on any atom is 0.272 e. The topological polar surface area (TPSA) is 67.7 Å². The van der Waals surface area contributed by atoms with Crippen molar-refractivity contribution in [2.45, 2.75) is 64.6 Å². The van der Waals surface area contributed by atoms with Crippen LogP contribution >= 0.6 is 0 Å². The molecule has 2 saturated heterocycles. The number of carbonyl (C=O) groups is 2. The molecule has 0 aromatic carbocycles. The van der Waals surface area contributed by atoms with Crippen LogP contribution < -0.4 is 0 Å². The van der Waals surface area contributed by atoms with E-state index >= 15 is 0 Å². The molecular formula is C19H30N4O3. The van der Waals surface area contributed by atoms with Gasteiger partial charge >= 0.3 is 0 Å². The van der Waals surface area contributed by atoms with Crippen LogP contribution in [0.25, 0.3) is 0 Å². The van der Waals surface area contributed by atoms with Crippen molar-refractivity contribution in [2.75, 3.05) is 26.2 Å². The lowest BCUT2D eigenvalue weighted by Crippen LogP contribution is -2.61. The number of nitrogens with zero attached hydrogens (tertiary/aromatic N) is 4. The molecule has 0 saturated carbocycles. The second kappa shape index (κ2) is 7.78. The molecule has 3 rings (SSSR count). The van der Waals surface area contributed by atoms with Gasteiger partial charge in [-0.1, -0.05) is 6.92 Å². The van der Waals surface area contributed by atoms with E-state index in [1.807, 2.05) is 18.7 Å². The number of hydrogen-bond donors (Lipinski definition) is 0. The molecule has 7 heteroatoms. The van der Waals surface area contributed by atoms with E-state index in [1.165, 1.54) is 0 Å². The summed E-state index contributed by atoms with van der Waals surface area (Å²) in [5.41, 5.74) is -0.310. The number of rotatable bonds is 4. The van der Waals surface area contributed by atoms with Crippen LogP contribution in [-0.2, 0) is 16.1 Å². The molecular weight excluding hydrogens is 332 g/mol. The molecule has 0 aliphatic carbocycles. The third-order valence-electron chi connectivity index (χ3n) is 5.35. The number of carbonyl (C=O) groups excluding carboxylic acids is 2. The van der Waals surface area contributed by atoms with Gasteiger partial charge < -0.3 is 14.5 Å². The summed E-state index contributed by atoms with van der Waals surface area (Å²) in [5.74, 6) is -0.0312. The maximum atomic E-state index is 13.2. The summed E-state index contributed by atoms with van der Waals surface area (Å²) in [5, 5.41) is 4.25. The molecule has 26 heavy (non-hydrogen) atoms. The quantitative estimate of drug-likeness (QED) is 0.821. The predicted molar refractivity (Wildman–Crippen MR) is 97.8 cm³/mol. The molecule has 1 aromatic rings. The fourth-order valence-corrected chi connectivity index (χ4v) is 3.96. The van der Waals surface area contributed by atoms with E-state index in [4.69, 9.17) is 4.74 Å². The van der Waals surface area contributed by atoms with Gasteiger partial charge in [0.25, 0.3) is 11.8 Å². The molecule has 7 nitrogen and oxygen atoms in total. The average molecular weight is 362 g/mol. The first kappa shape index (κ1) is 18.9. The van der Waals surface area contributed by atoms with Crippen LogP contribution in [0.1, 0.15) is 56.9 Å². The van der Waals surface area contributed by atoms with Crippen molar-refractivity contribution in [2.24, 2.45) is 0 Å². The number of amides is 2. The Kier molecular flexibility index (Phi) is 5.65. The lowest BCUT2D eigenvalue weighted by molar-refractivity contribution is -0.169. The SMILES string of the molecule is CCCn1nccc1C(=O)N1CCOC2(CCCCN(C(C)C)C2=O)C1. The summed E-state index contributed by atoms with van der Waals surface area (Å²) in [4.78, 5) is 30.0. The Hall–Kier alpha value is -1.89. The van der Waals surface area contributed by atoms with E-state index in [9.17, 15) is 9.59 Å². The Morgan fingerprint density at radius 1 is 1.35 bits per heavy atom. The molecule has 1 spiro atoms. The Morgan fingerprint density at radius 3 is 2.88 bits per heavy atom. The third-order valence-corrected chi connectivity index (χ3v) is 5.35. The summed E-state index contributed by atoms with van der Waals surface area (Å²) < 4.78 is 7.80.